The van der Waals surface area contributed by atoms with Crippen molar-refractivity contribution < 1.29 is 9.53 Å². The van der Waals surface area contributed by atoms with Gasteiger partial charge in [0.2, 0.25) is 0 Å². The molecule has 1 aliphatic rings. The smallest absolute Gasteiger partial charge is 0.320 e. The molecule has 4 nitrogen and oxygen atoms in total. The number of ether oxygens (including phenoxy) is 1. The molecule has 0 aromatic heterocycles. The normalized spacial score (nSPS) is 22.4. The lowest BCUT2D eigenvalue weighted by molar-refractivity contribution is 0.139. The number of nitrogens with zero attached hydrogens (tertiary/aromatic N) is 1. The van der Waals surface area contributed by atoms with Gasteiger partial charge in [-0.05, 0) is 37.3 Å². The zero-order valence-electron chi connectivity index (χ0n) is 12.6. The molecule has 0 radical (unpaired) electrons. The van der Waals surface area contributed by atoms with E-state index in [1.165, 1.54) is 12.0 Å². The van der Waals surface area contributed by atoms with E-state index < -0.39 is 0 Å². The molecule has 1 N–H and O–H groups in total. The Balaban J connectivity index is 1.76. The summed E-state index contributed by atoms with van der Waals surface area (Å²) < 4.78 is 5.52. The van der Waals surface area contributed by atoms with Crippen molar-refractivity contribution in [2.24, 2.45) is 11.8 Å². The number of rotatable bonds is 3. The molecule has 2 rings (SSSR count). The second-order valence-electron chi connectivity index (χ2n) is 5.93. The van der Waals surface area contributed by atoms with Crippen LogP contribution in [0, 0.1) is 18.8 Å². The lowest BCUT2D eigenvalue weighted by Crippen LogP contribution is -2.48. The van der Waals surface area contributed by atoms with E-state index in [0.717, 1.165) is 18.8 Å². The van der Waals surface area contributed by atoms with Crippen LogP contribution >= 0.6 is 0 Å². The van der Waals surface area contributed by atoms with Gasteiger partial charge in [0.05, 0.1) is 0 Å². The number of carbonyl (C=O) groups excluding carboxylic acids is 1. The Morgan fingerprint density at radius 3 is 2.45 bits per heavy atom. The Bertz CT molecular complexity index is 434. The quantitative estimate of drug-likeness (QED) is 0.862. The van der Waals surface area contributed by atoms with E-state index in [1.54, 1.807) is 0 Å². The highest BCUT2D eigenvalue weighted by Gasteiger charge is 2.25. The van der Waals surface area contributed by atoms with Gasteiger partial charge in [0, 0.05) is 13.1 Å². The lowest BCUT2D eigenvalue weighted by Gasteiger charge is -2.34. The number of nitrogens with one attached hydrogen (secondary N) is 1. The van der Waals surface area contributed by atoms with Crippen LogP contribution in [0.4, 0.5) is 4.79 Å². The number of amides is 2. The summed E-state index contributed by atoms with van der Waals surface area (Å²) in [4.78, 5) is 14.0. The molecular weight excluding hydrogens is 252 g/mol. The number of piperidine rings is 1. The van der Waals surface area contributed by atoms with Crippen LogP contribution in [-0.4, -0.2) is 30.8 Å². The number of likely N-dealkylation sites (tertiary alicyclic amines) is 1. The van der Waals surface area contributed by atoms with Crippen molar-refractivity contribution in [1.29, 1.82) is 0 Å². The SMILES string of the molecule is Cc1ccc(OCNC(=O)N2CC(C)CC(C)C2)cc1. The van der Waals surface area contributed by atoms with Crippen molar-refractivity contribution in [3.63, 3.8) is 0 Å². The van der Waals surface area contributed by atoms with Gasteiger partial charge in [-0.25, -0.2) is 4.79 Å². The fourth-order valence-electron chi connectivity index (χ4n) is 2.76. The van der Waals surface area contributed by atoms with Crippen LogP contribution in [0.25, 0.3) is 0 Å². The zero-order valence-corrected chi connectivity index (χ0v) is 12.6. The highest BCUT2D eigenvalue weighted by atomic mass is 16.5. The summed E-state index contributed by atoms with van der Waals surface area (Å²) >= 11 is 0. The van der Waals surface area contributed by atoms with Crippen molar-refractivity contribution in [2.75, 3.05) is 19.8 Å². The third-order valence-corrected chi connectivity index (χ3v) is 3.64. The van der Waals surface area contributed by atoms with Gasteiger partial charge in [0.25, 0.3) is 0 Å². The van der Waals surface area contributed by atoms with Gasteiger partial charge in [-0.2, -0.15) is 0 Å². The topological polar surface area (TPSA) is 41.6 Å². The molecule has 1 heterocycles. The van der Waals surface area contributed by atoms with E-state index in [0.29, 0.717) is 11.8 Å². The van der Waals surface area contributed by atoms with Crippen molar-refractivity contribution in [3.8, 4) is 5.75 Å². The van der Waals surface area contributed by atoms with Crippen LogP contribution in [-0.2, 0) is 0 Å². The molecular formula is C16H24N2O2. The standard InChI is InChI=1S/C16H24N2O2/c1-12-4-6-15(7-5-12)20-11-17-16(19)18-9-13(2)8-14(3)10-18/h4-7,13-14H,8-11H2,1-3H3,(H,17,19). The minimum atomic E-state index is -0.0319. The molecule has 0 aliphatic carbocycles. The first-order chi connectivity index (χ1) is 9.54. The monoisotopic (exact) mass is 276 g/mol. The van der Waals surface area contributed by atoms with Crippen molar-refractivity contribution in [1.82, 2.24) is 10.2 Å². The van der Waals surface area contributed by atoms with Gasteiger partial charge in [-0.3, -0.25) is 0 Å². The van der Waals surface area contributed by atoms with E-state index in [-0.39, 0.29) is 12.8 Å². The molecule has 1 aliphatic heterocycles. The summed E-state index contributed by atoms with van der Waals surface area (Å²) in [5.74, 6) is 1.92. The molecule has 4 heteroatoms. The number of aryl methyl sites for hydroxylation is 1. The molecule has 1 aromatic carbocycles. The number of urea groups is 1. The highest BCUT2D eigenvalue weighted by molar-refractivity contribution is 5.74. The average molecular weight is 276 g/mol. The molecule has 2 atom stereocenters. The van der Waals surface area contributed by atoms with Crippen molar-refractivity contribution >= 4 is 6.03 Å². The zero-order chi connectivity index (χ0) is 14.5. The maximum absolute atomic E-state index is 12.1. The molecule has 1 fully saturated rings. The number of benzene rings is 1. The van der Waals surface area contributed by atoms with Gasteiger partial charge in [0.1, 0.15) is 5.75 Å². The highest BCUT2D eigenvalue weighted by Crippen LogP contribution is 2.20. The molecule has 0 saturated carbocycles. The third kappa shape index (κ3) is 4.15. The molecule has 20 heavy (non-hydrogen) atoms. The lowest BCUT2D eigenvalue weighted by atomic mass is 9.92. The fourth-order valence-corrected chi connectivity index (χ4v) is 2.76. The van der Waals surface area contributed by atoms with E-state index >= 15 is 0 Å². The second-order valence-corrected chi connectivity index (χ2v) is 5.93. The number of hydrogen-bond donors (Lipinski definition) is 1. The summed E-state index contributed by atoms with van der Waals surface area (Å²) in [6.07, 6.45) is 1.20. The van der Waals surface area contributed by atoms with E-state index in [4.69, 9.17) is 4.74 Å². The van der Waals surface area contributed by atoms with Crippen LogP contribution in [0.2, 0.25) is 0 Å². The largest absolute Gasteiger partial charge is 0.473 e. The third-order valence-electron chi connectivity index (χ3n) is 3.64. The van der Waals surface area contributed by atoms with Crippen molar-refractivity contribution in [3.05, 3.63) is 29.8 Å². The van der Waals surface area contributed by atoms with Crippen LogP contribution in [0.5, 0.6) is 5.75 Å². The van der Waals surface area contributed by atoms with Gasteiger partial charge < -0.3 is 15.0 Å². The Labute approximate surface area is 121 Å². The first-order valence-electron chi connectivity index (χ1n) is 7.27. The fraction of sp³-hybridized carbons (Fsp3) is 0.562. The first kappa shape index (κ1) is 14.7. The van der Waals surface area contributed by atoms with Gasteiger partial charge in [-0.1, -0.05) is 31.5 Å². The second kappa shape index (κ2) is 6.64. The van der Waals surface area contributed by atoms with E-state index in [2.05, 4.69) is 19.2 Å². The Morgan fingerprint density at radius 2 is 1.85 bits per heavy atom. The summed E-state index contributed by atoms with van der Waals surface area (Å²) in [6.45, 7) is 8.30. The molecule has 1 aromatic rings. The molecule has 2 amide bonds. The molecule has 2 unspecified atom stereocenters. The van der Waals surface area contributed by atoms with E-state index in [9.17, 15) is 4.79 Å². The molecule has 0 bridgehead atoms. The summed E-state index contributed by atoms with van der Waals surface area (Å²) in [5, 5.41) is 2.82. The summed E-state index contributed by atoms with van der Waals surface area (Å²) in [6, 6.07) is 7.77. The minimum Gasteiger partial charge on any atom is -0.473 e. The first-order valence-corrected chi connectivity index (χ1v) is 7.27. The Hall–Kier alpha value is -1.71. The molecule has 110 valence electrons. The Kier molecular flexibility index (Phi) is 4.88. The van der Waals surface area contributed by atoms with Crippen LogP contribution in [0.15, 0.2) is 24.3 Å². The van der Waals surface area contributed by atoms with Gasteiger partial charge in [0.15, 0.2) is 6.73 Å². The maximum atomic E-state index is 12.1. The van der Waals surface area contributed by atoms with Crippen molar-refractivity contribution in [2.45, 2.75) is 27.2 Å². The average Bonchev–Trinajstić information content (AvgIpc) is 2.40. The molecule has 0 spiro atoms. The number of carbonyl (C=O) groups is 1. The molecule has 1 saturated heterocycles. The minimum absolute atomic E-state index is 0.0319. The summed E-state index contributed by atoms with van der Waals surface area (Å²) in [7, 11) is 0. The predicted octanol–water partition coefficient (Wildman–Crippen LogP) is 3.02. The van der Waals surface area contributed by atoms with Crippen LogP contribution < -0.4 is 10.1 Å². The van der Waals surface area contributed by atoms with Gasteiger partial charge >= 0.3 is 6.03 Å². The van der Waals surface area contributed by atoms with Gasteiger partial charge in [-0.15, -0.1) is 0 Å². The van der Waals surface area contributed by atoms with Crippen LogP contribution in [0.3, 0.4) is 0 Å². The summed E-state index contributed by atoms with van der Waals surface area (Å²) in [5.41, 5.74) is 1.19. The predicted molar refractivity (Wildman–Crippen MR) is 79.7 cm³/mol. The maximum Gasteiger partial charge on any atom is 0.320 e. The Morgan fingerprint density at radius 1 is 1.25 bits per heavy atom. The van der Waals surface area contributed by atoms with Crippen LogP contribution in [0.1, 0.15) is 25.8 Å². The van der Waals surface area contributed by atoms with E-state index in [1.807, 2.05) is 36.1 Å². The number of hydrogen-bond acceptors (Lipinski definition) is 2.